The van der Waals surface area contributed by atoms with Crippen LogP contribution in [0.2, 0.25) is 4.34 Å². The van der Waals surface area contributed by atoms with Gasteiger partial charge in [-0.1, -0.05) is 29.8 Å². The molecule has 2 atom stereocenters. The van der Waals surface area contributed by atoms with Crippen molar-refractivity contribution in [1.82, 2.24) is 10.2 Å². The summed E-state index contributed by atoms with van der Waals surface area (Å²) in [7, 11) is 0. The molecule has 0 bridgehead atoms. The molecular weight excluding hydrogens is 396 g/mol. The van der Waals surface area contributed by atoms with E-state index in [0.717, 1.165) is 23.5 Å². The molecule has 0 radical (unpaired) electrons. The van der Waals surface area contributed by atoms with Gasteiger partial charge in [-0.05, 0) is 44.0 Å². The lowest BCUT2D eigenvalue weighted by molar-refractivity contribution is -0.136. The van der Waals surface area contributed by atoms with Gasteiger partial charge >= 0.3 is 0 Å². The molecule has 1 aliphatic rings. The molecule has 2 aromatic rings. The van der Waals surface area contributed by atoms with Crippen molar-refractivity contribution >= 4 is 34.8 Å². The van der Waals surface area contributed by atoms with E-state index < -0.39 is 0 Å². The Kier molecular flexibility index (Phi) is 7.34. The first-order valence-corrected chi connectivity index (χ1v) is 10.7. The summed E-state index contributed by atoms with van der Waals surface area (Å²) < 4.78 is 6.32. The van der Waals surface area contributed by atoms with Crippen LogP contribution in [0.1, 0.15) is 37.1 Å². The summed E-state index contributed by atoms with van der Waals surface area (Å²) in [6.07, 6.45) is 1.95. The quantitative estimate of drug-likeness (QED) is 0.727. The van der Waals surface area contributed by atoms with E-state index in [1.807, 2.05) is 49.4 Å². The first-order chi connectivity index (χ1) is 13.5. The Balaban J connectivity index is 1.46. The number of piperidine rings is 1. The molecule has 0 spiro atoms. The van der Waals surface area contributed by atoms with Crippen LogP contribution < -0.4 is 10.1 Å². The molecule has 5 nitrogen and oxygen atoms in total. The number of hydrogen-bond acceptors (Lipinski definition) is 4. The fourth-order valence-electron chi connectivity index (χ4n) is 3.31. The van der Waals surface area contributed by atoms with E-state index in [9.17, 15) is 9.59 Å². The van der Waals surface area contributed by atoms with Crippen LogP contribution in [0, 0.1) is 5.92 Å². The summed E-state index contributed by atoms with van der Waals surface area (Å²) in [6.45, 7) is 3.46. The lowest BCUT2D eigenvalue weighted by Crippen LogP contribution is -2.46. The molecule has 7 heteroatoms. The summed E-state index contributed by atoms with van der Waals surface area (Å²) in [5.74, 6) is 0.612. The number of likely N-dealkylation sites (tertiary alicyclic amines) is 1. The highest BCUT2D eigenvalue weighted by molar-refractivity contribution is 7.16. The first-order valence-electron chi connectivity index (χ1n) is 9.54. The molecule has 28 heavy (non-hydrogen) atoms. The number of halogens is 1. The Hall–Kier alpha value is -2.05. The molecule has 2 amide bonds. The Morgan fingerprint density at radius 3 is 2.79 bits per heavy atom. The number of nitrogens with one attached hydrogen (secondary N) is 1. The maximum atomic E-state index is 12.7. The summed E-state index contributed by atoms with van der Waals surface area (Å²) in [5, 5.41) is 3.05. The number of amides is 2. The van der Waals surface area contributed by atoms with Crippen LogP contribution in [-0.4, -0.2) is 36.4 Å². The highest BCUT2D eigenvalue weighted by atomic mass is 35.5. The predicted octanol–water partition coefficient (Wildman–Crippen LogP) is 4.29. The molecule has 2 heterocycles. The average molecular weight is 421 g/mol. The smallest absolute Gasteiger partial charge is 0.226 e. The Labute approximate surface area is 174 Å². The number of ether oxygens (including phenoxy) is 1. The number of carbonyl (C=O) groups excluding carboxylic acids is 2. The third kappa shape index (κ3) is 5.72. The lowest BCUT2D eigenvalue weighted by atomic mass is 9.96. The number of rotatable bonds is 7. The standard InChI is InChI=1S/C21H25ClN2O3S/c1-15(18-9-10-19(22)28-18)23-21(26)16-6-5-12-24(14-16)20(25)11-13-27-17-7-3-2-4-8-17/h2-4,7-10,15-16H,5-6,11-14H2,1H3,(H,23,26). The number of hydrogen-bond donors (Lipinski definition) is 1. The largest absolute Gasteiger partial charge is 0.493 e. The summed E-state index contributed by atoms with van der Waals surface area (Å²) in [5.41, 5.74) is 0. The maximum absolute atomic E-state index is 12.7. The third-order valence-corrected chi connectivity index (χ3v) is 6.27. The average Bonchev–Trinajstić information content (AvgIpc) is 3.15. The summed E-state index contributed by atoms with van der Waals surface area (Å²) in [6, 6.07) is 13.1. The fraction of sp³-hybridized carbons (Fsp3) is 0.429. The normalized spacial score (nSPS) is 17.8. The number of nitrogens with zero attached hydrogens (tertiary/aromatic N) is 1. The van der Waals surface area contributed by atoms with Crippen molar-refractivity contribution in [3.8, 4) is 5.75 Å². The van der Waals surface area contributed by atoms with Crippen LogP contribution in [-0.2, 0) is 9.59 Å². The molecule has 3 rings (SSSR count). The van der Waals surface area contributed by atoms with Gasteiger partial charge in [0.05, 0.1) is 29.3 Å². The van der Waals surface area contributed by atoms with Gasteiger partial charge < -0.3 is 15.0 Å². The SMILES string of the molecule is CC(NC(=O)C1CCCN(C(=O)CCOc2ccccc2)C1)c1ccc(Cl)s1. The molecule has 1 aromatic heterocycles. The van der Waals surface area contributed by atoms with Gasteiger partial charge in [0.25, 0.3) is 0 Å². The molecule has 0 aliphatic carbocycles. The van der Waals surface area contributed by atoms with Gasteiger partial charge in [-0.2, -0.15) is 0 Å². The predicted molar refractivity (Wildman–Crippen MR) is 112 cm³/mol. The van der Waals surface area contributed by atoms with E-state index >= 15 is 0 Å². The summed E-state index contributed by atoms with van der Waals surface area (Å²) in [4.78, 5) is 28.0. The number of benzene rings is 1. The molecule has 1 N–H and O–H groups in total. The molecule has 1 fully saturated rings. The van der Waals surface area contributed by atoms with Crippen LogP contribution in [0.4, 0.5) is 0 Å². The van der Waals surface area contributed by atoms with Gasteiger partial charge in [0.2, 0.25) is 11.8 Å². The van der Waals surface area contributed by atoms with Gasteiger partial charge in [-0.15, -0.1) is 11.3 Å². The Bertz CT molecular complexity index is 796. The number of para-hydroxylation sites is 1. The zero-order chi connectivity index (χ0) is 19.9. The minimum atomic E-state index is -0.175. The second-order valence-electron chi connectivity index (χ2n) is 6.96. The molecule has 150 valence electrons. The zero-order valence-corrected chi connectivity index (χ0v) is 17.5. The van der Waals surface area contributed by atoms with Gasteiger partial charge in [-0.3, -0.25) is 9.59 Å². The van der Waals surface area contributed by atoms with Crippen LogP contribution in [0.25, 0.3) is 0 Å². The van der Waals surface area contributed by atoms with Gasteiger partial charge in [0.15, 0.2) is 0 Å². The van der Waals surface area contributed by atoms with Crippen LogP contribution >= 0.6 is 22.9 Å². The van der Waals surface area contributed by atoms with E-state index in [-0.39, 0.29) is 23.8 Å². The van der Waals surface area contributed by atoms with Crippen LogP contribution in [0.15, 0.2) is 42.5 Å². The van der Waals surface area contributed by atoms with Gasteiger partial charge in [-0.25, -0.2) is 0 Å². The fourth-order valence-corrected chi connectivity index (χ4v) is 4.38. The van der Waals surface area contributed by atoms with E-state index in [4.69, 9.17) is 16.3 Å². The van der Waals surface area contributed by atoms with E-state index in [0.29, 0.717) is 30.5 Å². The summed E-state index contributed by atoms with van der Waals surface area (Å²) >= 11 is 7.45. The van der Waals surface area contributed by atoms with E-state index in [2.05, 4.69) is 5.32 Å². The number of thiophene rings is 1. The molecule has 2 unspecified atom stereocenters. The van der Waals surface area contributed by atoms with Crippen molar-refractivity contribution in [3.63, 3.8) is 0 Å². The zero-order valence-electron chi connectivity index (χ0n) is 15.9. The minimum absolute atomic E-state index is 0.00458. The van der Waals surface area contributed by atoms with Crippen molar-refractivity contribution < 1.29 is 14.3 Å². The Morgan fingerprint density at radius 1 is 1.29 bits per heavy atom. The van der Waals surface area contributed by atoms with Crippen molar-refractivity contribution in [2.45, 2.75) is 32.2 Å². The molecule has 1 aliphatic heterocycles. The molecule has 1 aromatic carbocycles. The minimum Gasteiger partial charge on any atom is -0.493 e. The molecular formula is C21H25ClN2O3S. The van der Waals surface area contributed by atoms with E-state index in [1.54, 1.807) is 4.90 Å². The Morgan fingerprint density at radius 2 is 2.07 bits per heavy atom. The topological polar surface area (TPSA) is 58.6 Å². The molecule has 0 saturated carbocycles. The highest BCUT2D eigenvalue weighted by Crippen LogP contribution is 2.27. The number of carbonyl (C=O) groups is 2. The van der Waals surface area contributed by atoms with Crippen molar-refractivity contribution in [1.29, 1.82) is 0 Å². The monoisotopic (exact) mass is 420 g/mol. The third-order valence-electron chi connectivity index (χ3n) is 4.85. The van der Waals surface area contributed by atoms with Crippen LogP contribution in [0.5, 0.6) is 5.75 Å². The highest BCUT2D eigenvalue weighted by Gasteiger charge is 2.29. The van der Waals surface area contributed by atoms with Gasteiger partial charge in [0.1, 0.15) is 5.75 Å². The van der Waals surface area contributed by atoms with Crippen molar-refractivity contribution in [2.24, 2.45) is 5.92 Å². The van der Waals surface area contributed by atoms with Gasteiger partial charge in [0, 0.05) is 18.0 Å². The lowest BCUT2D eigenvalue weighted by Gasteiger charge is -2.32. The second-order valence-corrected chi connectivity index (χ2v) is 8.71. The molecule has 1 saturated heterocycles. The van der Waals surface area contributed by atoms with Crippen molar-refractivity contribution in [3.05, 3.63) is 51.7 Å². The first kappa shape index (κ1) is 20.7. The van der Waals surface area contributed by atoms with E-state index in [1.165, 1.54) is 11.3 Å². The van der Waals surface area contributed by atoms with Crippen LogP contribution in [0.3, 0.4) is 0 Å². The maximum Gasteiger partial charge on any atom is 0.226 e. The van der Waals surface area contributed by atoms with Crippen molar-refractivity contribution in [2.75, 3.05) is 19.7 Å². The second kappa shape index (κ2) is 9.94.